The van der Waals surface area contributed by atoms with Crippen molar-refractivity contribution in [3.05, 3.63) is 43.0 Å². The highest BCUT2D eigenvalue weighted by molar-refractivity contribution is 5.75. The van der Waals surface area contributed by atoms with Gasteiger partial charge in [-0.05, 0) is 44.2 Å². The fraction of sp³-hybridized carbons (Fsp3) is 0.400. The van der Waals surface area contributed by atoms with Gasteiger partial charge in [0.2, 0.25) is 0 Å². The first-order valence-corrected chi connectivity index (χ1v) is 9.18. The molecule has 3 heterocycles. The SMILES string of the molecule is COc1ccc(-c2ncn(CC3(O)CCN(C)CC3)c2-c2ncc[nH]2)cc1. The molecular formula is C20H25N5O2. The van der Waals surface area contributed by atoms with Gasteiger partial charge in [-0.1, -0.05) is 0 Å². The van der Waals surface area contributed by atoms with Crippen molar-refractivity contribution < 1.29 is 9.84 Å². The molecule has 4 rings (SSSR count). The Kier molecular flexibility index (Phi) is 4.72. The standard InChI is InChI=1S/C20H25N5O2/c1-24-11-7-20(26,8-12-24)13-25-14-23-17(18(25)19-21-9-10-22-19)15-3-5-16(27-2)6-4-15/h3-6,9-10,14,26H,7-8,11-13H2,1-2H3,(H,21,22). The molecular weight excluding hydrogens is 342 g/mol. The average molecular weight is 367 g/mol. The van der Waals surface area contributed by atoms with E-state index in [2.05, 4.69) is 26.9 Å². The molecule has 1 fully saturated rings. The predicted molar refractivity (Wildman–Crippen MR) is 103 cm³/mol. The second-order valence-corrected chi connectivity index (χ2v) is 7.26. The number of H-pyrrole nitrogens is 1. The number of methoxy groups -OCH3 is 1. The van der Waals surface area contributed by atoms with Crippen LogP contribution in [0.3, 0.4) is 0 Å². The minimum atomic E-state index is -0.730. The minimum absolute atomic E-state index is 0.500. The van der Waals surface area contributed by atoms with Crippen LogP contribution in [0.2, 0.25) is 0 Å². The molecule has 1 saturated heterocycles. The van der Waals surface area contributed by atoms with Crippen LogP contribution < -0.4 is 4.74 Å². The molecule has 142 valence electrons. The van der Waals surface area contributed by atoms with Gasteiger partial charge < -0.3 is 24.3 Å². The highest BCUT2D eigenvalue weighted by Crippen LogP contribution is 2.33. The molecule has 1 aliphatic heterocycles. The van der Waals surface area contributed by atoms with Gasteiger partial charge in [0, 0.05) is 31.0 Å². The van der Waals surface area contributed by atoms with Crippen LogP contribution in [0.15, 0.2) is 43.0 Å². The third kappa shape index (κ3) is 3.61. The van der Waals surface area contributed by atoms with Gasteiger partial charge in [-0.25, -0.2) is 9.97 Å². The number of likely N-dealkylation sites (tertiary alicyclic amines) is 1. The lowest BCUT2D eigenvalue weighted by molar-refractivity contribution is -0.0288. The van der Waals surface area contributed by atoms with Crippen LogP contribution in [-0.4, -0.2) is 62.4 Å². The van der Waals surface area contributed by atoms with E-state index < -0.39 is 5.60 Å². The zero-order valence-corrected chi connectivity index (χ0v) is 15.7. The molecule has 0 spiro atoms. The van der Waals surface area contributed by atoms with Gasteiger partial charge in [0.25, 0.3) is 0 Å². The summed E-state index contributed by atoms with van der Waals surface area (Å²) in [5.74, 6) is 1.55. The Morgan fingerprint density at radius 1 is 1.19 bits per heavy atom. The van der Waals surface area contributed by atoms with Crippen LogP contribution in [0.5, 0.6) is 5.75 Å². The first-order valence-electron chi connectivity index (χ1n) is 9.18. The second kappa shape index (κ2) is 7.17. The van der Waals surface area contributed by atoms with E-state index in [-0.39, 0.29) is 0 Å². The number of hydrogen-bond donors (Lipinski definition) is 2. The largest absolute Gasteiger partial charge is 0.497 e. The van der Waals surface area contributed by atoms with E-state index in [0.717, 1.165) is 54.5 Å². The Balaban J connectivity index is 1.71. The molecule has 27 heavy (non-hydrogen) atoms. The summed E-state index contributed by atoms with van der Waals surface area (Å²) in [7, 11) is 3.74. The van der Waals surface area contributed by atoms with Crippen molar-refractivity contribution >= 4 is 0 Å². The Morgan fingerprint density at radius 2 is 1.93 bits per heavy atom. The van der Waals surface area contributed by atoms with Crippen LogP contribution >= 0.6 is 0 Å². The van der Waals surface area contributed by atoms with E-state index in [4.69, 9.17) is 4.74 Å². The Bertz CT molecular complexity index is 878. The molecule has 3 aromatic rings. The molecule has 0 amide bonds. The molecule has 0 radical (unpaired) electrons. The van der Waals surface area contributed by atoms with Crippen LogP contribution in [0.1, 0.15) is 12.8 Å². The molecule has 2 aromatic heterocycles. The van der Waals surface area contributed by atoms with Crippen molar-refractivity contribution in [3.63, 3.8) is 0 Å². The number of ether oxygens (including phenoxy) is 1. The lowest BCUT2D eigenvalue weighted by Gasteiger charge is -2.37. The lowest BCUT2D eigenvalue weighted by Crippen LogP contribution is -2.45. The molecule has 1 aliphatic rings. The minimum Gasteiger partial charge on any atom is -0.497 e. The van der Waals surface area contributed by atoms with E-state index in [9.17, 15) is 5.11 Å². The summed E-state index contributed by atoms with van der Waals surface area (Å²) in [6.45, 7) is 2.29. The number of aromatic amines is 1. The molecule has 7 heteroatoms. The topological polar surface area (TPSA) is 79.2 Å². The summed E-state index contributed by atoms with van der Waals surface area (Å²) in [5.41, 5.74) is 1.98. The number of benzene rings is 1. The summed E-state index contributed by atoms with van der Waals surface area (Å²) >= 11 is 0. The Morgan fingerprint density at radius 3 is 2.56 bits per heavy atom. The van der Waals surface area contributed by atoms with Crippen molar-refractivity contribution in [3.8, 4) is 28.5 Å². The summed E-state index contributed by atoms with van der Waals surface area (Å²) in [4.78, 5) is 14.5. The predicted octanol–water partition coefficient (Wildman–Crippen LogP) is 2.41. The molecule has 7 nitrogen and oxygen atoms in total. The second-order valence-electron chi connectivity index (χ2n) is 7.26. The lowest BCUT2D eigenvalue weighted by atomic mass is 9.91. The summed E-state index contributed by atoms with van der Waals surface area (Å²) < 4.78 is 7.27. The molecule has 0 unspecified atom stereocenters. The zero-order chi connectivity index (χ0) is 18.9. The normalized spacial score (nSPS) is 17.1. The van der Waals surface area contributed by atoms with Gasteiger partial charge in [-0.2, -0.15) is 0 Å². The van der Waals surface area contributed by atoms with Crippen molar-refractivity contribution in [2.75, 3.05) is 27.2 Å². The maximum Gasteiger partial charge on any atom is 0.156 e. The number of imidazole rings is 2. The van der Waals surface area contributed by atoms with Gasteiger partial charge in [-0.3, -0.25) is 0 Å². The van der Waals surface area contributed by atoms with Gasteiger partial charge in [0.15, 0.2) is 5.82 Å². The van der Waals surface area contributed by atoms with Crippen molar-refractivity contribution in [2.24, 2.45) is 0 Å². The van der Waals surface area contributed by atoms with Crippen LogP contribution in [0.25, 0.3) is 22.8 Å². The van der Waals surface area contributed by atoms with E-state index in [0.29, 0.717) is 6.54 Å². The molecule has 0 atom stereocenters. The van der Waals surface area contributed by atoms with Gasteiger partial charge in [0.1, 0.15) is 11.4 Å². The van der Waals surface area contributed by atoms with Crippen molar-refractivity contribution in [1.29, 1.82) is 0 Å². The number of piperidine rings is 1. The van der Waals surface area contributed by atoms with Gasteiger partial charge >= 0.3 is 0 Å². The third-order valence-electron chi connectivity index (χ3n) is 5.31. The monoisotopic (exact) mass is 367 g/mol. The highest BCUT2D eigenvalue weighted by atomic mass is 16.5. The van der Waals surface area contributed by atoms with E-state index >= 15 is 0 Å². The quantitative estimate of drug-likeness (QED) is 0.724. The van der Waals surface area contributed by atoms with Crippen molar-refractivity contribution in [1.82, 2.24) is 24.4 Å². The summed E-state index contributed by atoms with van der Waals surface area (Å²) in [6, 6.07) is 7.82. The number of aliphatic hydroxyl groups is 1. The fourth-order valence-corrected chi connectivity index (χ4v) is 3.62. The van der Waals surface area contributed by atoms with Gasteiger partial charge in [-0.15, -0.1) is 0 Å². The van der Waals surface area contributed by atoms with E-state index in [1.165, 1.54) is 0 Å². The number of hydrogen-bond acceptors (Lipinski definition) is 5. The van der Waals surface area contributed by atoms with Crippen LogP contribution in [0.4, 0.5) is 0 Å². The van der Waals surface area contributed by atoms with E-state index in [1.807, 2.05) is 28.8 Å². The Labute approximate surface area is 158 Å². The summed E-state index contributed by atoms with van der Waals surface area (Å²) in [5, 5.41) is 11.1. The van der Waals surface area contributed by atoms with Crippen molar-refractivity contribution in [2.45, 2.75) is 25.0 Å². The highest BCUT2D eigenvalue weighted by Gasteiger charge is 2.33. The number of rotatable bonds is 5. The maximum atomic E-state index is 11.1. The molecule has 0 bridgehead atoms. The molecule has 0 saturated carbocycles. The van der Waals surface area contributed by atoms with Crippen LogP contribution in [0, 0.1) is 0 Å². The zero-order valence-electron chi connectivity index (χ0n) is 15.7. The summed E-state index contributed by atoms with van der Waals surface area (Å²) in [6.07, 6.45) is 6.82. The number of nitrogens with zero attached hydrogens (tertiary/aromatic N) is 4. The van der Waals surface area contributed by atoms with Gasteiger partial charge in [0.05, 0.1) is 31.3 Å². The average Bonchev–Trinajstić information content (AvgIpc) is 3.34. The number of nitrogens with one attached hydrogen (secondary N) is 1. The van der Waals surface area contributed by atoms with Crippen LogP contribution in [-0.2, 0) is 6.54 Å². The Hall–Kier alpha value is -2.64. The fourth-order valence-electron chi connectivity index (χ4n) is 3.62. The molecule has 1 aromatic carbocycles. The molecule has 2 N–H and O–H groups in total. The molecule has 0 aliphatic carbocycles. The first kappa shape index (κ1) is 17.8. The maximum absolute atomic E-state index is 11.1. The van der Waals surface area contributed by atoms with E-state index in [1.54, 1.807) is 25.8 Å². The first-order chi connectivity index (χ1) is 13.1. The third-order valence-corrected chi connectivity index (χ3v) is 5.31. The smallest absolute Gasteiger partial charge is 0.156 e. The number of aromatic nitrogens is 4.